The molecule has 34 heavy (non-hydrogen) atoms. The first-order valence-electron chi connectivity index (χ1n) is 11.3. The zero-order chi connectivity index (χ0) is 23.8. The smallest absolute Gasteiger partial charge is 0.270 e. The second-order valence-corrected chi connectivity index (χ2v) is 8.90. The lowest BCUT2D eigenvalue weighted by molar-refractivity contribution is -0.384. The number of nitro groups is 1. The van der Waals surface area contributed by atoms with Gasteiger partial charge in [0.1, 0.15) is 18.5 Å². The van der Waals surface area contributed by atoms with Crippen molar-refractivity contribution in [2.45, 2.75) is 43.6 Å². The van der Waals surface area contributed by atoms with Gasteiger partial charge in [-0.15, -0.1) is 0 Å². The van der Waals surface area contributed by atoms with Crippen molar-refractivity contribution >= 4 is 17.5 Å². The van der Waals surface area contributed by atoms with Gasteiger partial charge in [0.05, 0.1) is 29.1 Å². The first-order chi connectivity index (χ1) is 16.4. The van der Waals surface area contributed by atoms with E-state index in [0.717, 1.165) is 12.8 Å². The number of nitrogens with one attached hydrogen (secondary N) is 1. The predicted octanol–water partition coefficient (Wildman–Crippen LogP) is 2.43. The van der Waals surface area contributed by atoms with Crippen LogP contribution in [0, 0.1) is 10.1 Å². The highest BCUT2D eigenvalue weighted by atomic mass is 16.6. The molecule has 0 saturated heterocycles. The molecule has 0 bridgehead atoms. The van der Waals surface area contributed by atoms with Gasteiger partial charge >= 0.3 is 0 Å². The van der Waals surface area contributed by atoms with E-state index in [1.807, 2.05) is 18.2 Å². The number of nitrogens with zero attached hydrogens (tertiary/aromatic N) is 2. The van der Waals surface area contributed by atoms with Gasteiger partial charge in [0.15, 0.2) is 0 Å². The normalized spacial score (nSPS) is 23.7. The minimum Gasteiger partial charge on any atom is -0.490 e. The summed E-state index contributed by atoms with van der Waals surface area (Å²) in [5.74, 6) is -0.201. The van der Waals surface area contributed by atoms with Gasteiger partial charge in [-0.05, 0) is 30.0 Å². The second kappa shape index (κ2) is 8.90. The molecule has 2 heterocycles. The molecular formula is C25H25N3O6. The molecule has 5 rings (SSSR count). The lowest BCUT2D eigenvalue weighted by Crippen LogP contribution is -2.52. The van der Waals surface area contributed by atoms with E-state index in [9.17, 15) is 19.7 Å². The molecule has 0 fully saturated rings. The maximum Gasteiger partial charge on any atom is 0.270 e. The second-order valence-electron chi connectivity index (χ2n) is 8.90. The fourth-order valence-corrected chi connectivity index (χ4v) is 4.90. The maximum atomic E-state index is 13.0. The first-order valence-corrected chi connectivity index (χ1v) is 11.3. The lowest BCUT2D eigenvalue weighted by atomic mass is 10.0. The van der Waals surface area contributed by atoms with Crippen molar-refractivity contribution in [1.29, 1.82) is 0 Å². The van der Waals surface area contributed by atoms with Crippen LogP contribution in [0.5, 0.6) is 5.75 Å². The van der Waals surface area contributed by atoms with Crippen molar-refractivity contribution in [3.8, 4) is 5.75 Å². The standard InChI is InChI=1S/C25H25N3O6/c1-27-21-8-7-19(13-24(29)26-17-10-15-4-2-3-5-16(15)11-17)34-23(21)14-33-22-9-6-18(28(31)32)12-20(22)25(27)30/h2-9,12,17,19,21,23H,10-11,13-14H2,1H3,(H,26,29)/t19-,21-,23-/m0/s1. The summed E-state index contributed by atoms with van der Waals surface area (Å²) in [4.78, 5) is 37.8. The summed E-state index contributed by atoms with van der Waals surface area (Å²) in [6, 6.07) is 11.9. The zero-order valence-corrected chi connectivity index (χ0v) is 18.7. The third kappa shape index (κ3) is 4.26. The number of ether oxygens (including phenoxy) is 2. The van der Waals surface area contributed by atoms with Gasteiger partial charge in [-0.25, -0.2) is 0 Å². The number of non-ortho nitro benzene ring substituents is 1. The third-order valence-electron chi connectivity index (χ3n) is 6.63. The average Bonchev–Trinajstić information content (AvgIpc) is 3.23. The van der Waals surface area contributed by atoms with Gasteiger partial charge < -0.3 is 19.7 Å². The summed E-state index contributed by atoms with van der Waals surface area (Å²) in [5, 5.41) is 14.2. The van der Waals surface area contributed by atoms with Crippen LogP contribution in [-0.4, -0.2) is 59.6 Å². The lowest BCUT2D eigenvalue weighted by Gasteiger charge is -2.39. The number of nitro benzene ring substituents is 1. The number of benzene rings is 2. The molecule has 0 spiro atoms. The maximum absolute atomic E-state index is 13.0. The molecule has 2 aromatic carbocycles. The van der Waals surface area contributed by atoms with Crippen LogP contribution in [-0.2, 0) is 22.4 Å². The fraction of sp³-hybridized carbons (Fsp3) is 0.360. The van der Waals surface area contributed by atoms with Crippen LogP contribution in [0.25, 0.3) is 0 Å². The van der Waals surface area contributed by atoms with E-state index in [4.69, 9.17) is 9.47 Å². The van der Waals surface area contributed by atoms with E-state index in [1.165, 1.54) is 34.2 Å². The highest BCUT2D eigenvalue weighted by Crippen LogP contribution is 2.31. The molecule has 0 saturated carbocycles. The van der Waals surface area contributed by atoms with Gasteiger partial charge in [-0.2, -0.15) is 0 Å². The Kier molecular flexibility index (Phi) is 5.79. The third-order valence-corrected chi connectivity index (χ3v) is 6.63. The van der Waals surface area contributed by atoms with Crippen LogP contribution in [0.15, 0.2) is 54.6 Å². The molecule has 2 aromatic rings. The van der Waals surface area contributed by atoms with Crippen molar-refractivity contribution in [3.63, 3.8) is 0 Å². The predicted molar refractivity (Wildman–Crippen MR) is 123 cm³/mol. The van der Waals surface area contributed by atoms with Crippen LogP contribution in [0.1, 0.15) is 27.9 Å². The highest BCUT2D eigenvalue weighted by Gasteiger charge is 2.37. The number of rotatable bonds is 4. The van der Waals surface area contributed by atoms with Crippen molar-refractivity contribution in [2.24, 2.45) is 0 Å². The summed E-state index contributed by atoms with van der Waals surface area (Å²) in [6.45, 7) is 0.146. The van der Waals surface area contributed by atoms with Gasteiger partial charge in [0.2, 0.25) is 5.91 Å². The minimum atomic E-state index is -0.543. The largest absolute Gasteiger partial charge is 0.490 e. The van der Waals surface area contributed by atoms with E-state index < -0.39 is 29.1 Å². The molecule has 9 heteroatoms. The Morgan fingerprint density at radius 2 is 1.91 bits per heavy atom. The fourth-order valence-electron chi connectivity index (χ4n) is 4.90. The number of likely N-dealkylation sites (N-methyl/N-ethyl adjacent to an activating group) is 1. The Morgan fingerprint density at radius 1 is 1.18 bits per heavy atom. The Morgan fingerprint density at radius 3 is 2.62 bits per heavy atom. The summed E-state index contributed by atoms with van der Waals surface area (Å²) >= 11 is 0. The molecule has 2 aliphatic heterocycles. The summed E-state index contributed by atoms with van der Waals surface area (Å²) in [7, 11) is 1.63. The number of carbonyl (C=O) groups excluding carboxylic acids is 2. The van der Waals surface area contributed by atoms with Crippen molar-refractivity contribution in [3.05, 3.63) is 81.4 Å². The molecule has 176 valence electrons. The van der Waals surface area contributed by atoms with E-state index in [1.54, 1.807) is 13.1 Å². The Bertz CT molecular complexity index is 1150. The van der Waals surface area contributed by atoms with Crippen LogP contribution in [0.3, 0.4) is 0 Å². The van der Waals surface area contributed by atoms with Crippen LogP contribution in [0.2, 0.25) is 0 Å². The summed E-state index contributed by atoms with van der Waals surface area (Å²) in [6.07, 6.45) is 4.56. The Labute approximate surface area is 196 Å². The minimum absolute atomic E-state index is 0.0826. The van der Waals surface area contributed by atoms with E-state index in [2.05, 4.69) is 17.4 Å². The van der Waals surface area contributed by atoms with Crippen LogP contribution >= 0.6 is 0 Å². The summed E-state index contributed by atoms with van der Waals surface area (Å²) < 4.78 is 12.0. The number of fused-ring (bicyclic) bond motifs is 3. The number of hydrogen-bond donors (Lipinski definition) is 1. The van der Waals surface area contributed by atoms with Gasteiger partial charge in [-0.1, -0.05) is 36.4 Å². The average molecular weight is 463 g/mol. The van der Waals surface area contributed by atoms with Crippen molar-refractivity contribution in [1.82, 2.24) is 10.2 Å². The van der Waals surface area contributed by atoms with Crippen LogP contribution < -0.4 is 10.1 Å². The zero-order valence-electron chi connectivity index (χ0n) is 18.7. The number of amides is 2. The quantitative estimate of drug-likeness (QED) is 0.424. The van der Waals surface area contributed by atoms with E-state index in [-0.39, 0.29) is 42.0 Å². The van der Waals surface area contributed by atoms with Gasteiger partial charge in [0, 0.05) is 25.2 Å². The molecule has 0 radical (unpaired) electrons. The first kappa shape index (κ1) is 22.1. The number of hydrogen-bond acceptors (Lipinski definition) is 6. The molecule has 9 nitrogen and oxygen atoms in total. The molecule has 0 unspecified atom stereocenters. The molecule has 3 aliphatic rings. The molecule has 2 amide bonds. The molecule has 0 aromatic heterocycles. The Balaban J connectivity index is 1.24. The highest BCUT2D eigenvalue weighted by molar-refractivity contribution is 5.98. The van der Waals surface area contributed by atoms with E-state index in [0.29, 0.717) is 0 Å². The van der Waals surface area contributed by atoms with E-state index >= 15 is 0 Å². The van der Waals surface area contributed by atoms with Crippen molar-refractivity contribution in [2.75, 3.05) is 13.7 Å². The number of carbonyl (C=O) groups is 2. The molecular weight excluding hydrogens is 438 g/mol. The van der Waals surface area contributed by atoms with Crippen LogP contribution in [0.4, 0.5) is 5.69 Å². The topological polar surface area (TPSA) is 111 Å². The van der Waals surface area contributed by atoms with Gasteiger partial charge in [-0.3, -0.25) is 19.7 Å². The van der Waals surface area contributed by atoms with Gasteiger partial charge in [0.25, 0.3) is 11.6 Å². The Hall–Kier alpha value is -3.72. The molecule has 3 atom stereocenters. The monoisotopic (exact) mass is 463 g/mol. The van der Waals surface area contributed by atoms with Crippen molar-refractivity contribution < 1.29 is 24.0 Å². The molecule has 1 aliphatic carbocycles. The molecule has 1 N–H and O–H groups in total. The summed E-state index contributed by atoms with van der Waals surface area (Å²) in [5.41, 5.74) is 2.51. The SMILES string of the molecule is CN1C(=O)c2cc([N+](=O)[O-])ccc2OC[C@@H]2O[C@H](CC(=O)NC3Cc4ccccc4C3)C=C[C@@H]21.